The molecule has 0 aromatic heterocycles. The predicted octanol–water partition coefficient (Wildman–Crippen LogP) is 1.93. The van der Waals surface area contributed by atoms with Crippen molar-refractivity contribution in [1.82, 2.24) is 0 Å². The van der Waals surface area contributed by atoms with Crippen molar-refractivity contribution in [3.63, 3.8) is 0 Å². The van der Waals surface area contributed by atoms with Gasteiger partial charge >= 0.3 is 5.97 Å². The van der Waals surface area contributed by atoms with Crippen molar-refractivity contribution in [3.8, 4) is 0 Å². The standard InChI is InChI=1S/C12H15NO2/c1-13-10-5-3-9(4-6-10)12(7-8-12)11(14)15-2/h3-6,13H,7-8H2,1-2H3. The zero-order chi connectivity index (χ0) is 10.9. The molecule has 15 heavy (non-hydrogen) atoms. The quantitative estimate of drug-likeness (QED) is 0.766. The lowest BCUT2D eigenvalue weighted by atomic mass is 9.96. The average Bonchev–Trinajstić information content (AvgIpc) is 3.09. The fourth-order valence-electron chi connectivity index (χ4n) is 1.89. The third-order valence-corrected chi connectivity index (χ3v) is 3.05. The van der Waals surface area contributed by atoms with E-state index in [0.717, 1.165) is 24.1 Å². The maximum Gasteiger partial charge on any atom is 0.316 e. The van der Waals surface area contributed by atoms with Gasteiger partial charge < -0.3 is 10.1 Å². The van der Waals surface area contributed by atoms with Crippen molar-refractivity contribution in [1.29, 1.82) is 0 Å². The molecule has 80 valence electrons. The minimum atomic E-state index is -0.346. The number of esters is 1. The van der Waals surface area contributed by atoms with Gasteiger partial charge in [-0.2, -0.15) is 0 Å². The monoisotopic (exact) mass is 205 g/mol. The van der Waals surface area contributed by atoms with E-state index in [9.17, 15) is 4.79 Å². The molecular weight excluding hydrogens is 190 g/mol. The average molecular weight is 205 g/mol. The van der Waals surface area contributed by atoms with Crippen molar-refractivity contribution in [2.24, 2.45) is 0 Å². The van der Waals surface area contributed by atoms with E-state index in [1.807, 2.05) is 31.3 Å². The summed E-state index contributed by atoms with van der Waals surface area (Å²) in [5, 5.41) is 3.05. The Kier molecular flexibility index (Phi) is 2.39. The van der Waals surface area contributed by atoms with E-state index in [4.69, 9.17) is 4.74 Å². The number of nitrogens with one attached hydrogen (secondary N) is 1. The van der Waals surface area contributed by atoms with Crippen LogP contribution >= 0.6 is 0 Å². The second-order valence-electron chi connectivity index (χ2n) is 3.90. The van der Waals surface area contributed by atoms with Gasteiger partial charge in [0.2, 0.25) is 0 Å². The first-order valence-electron chi connectivity index (χ1n) is 5.09. The molecule has 3 heteroatoms. The summed E-state index contributed by atoms with van der Waals surface area (Å²) >= 11 is 0. The number of ether oxygens (including phenoxy) is 1. The van der Waals surface area contributed by atoms with Gasteiger partial charge in [-0.3, -0.25) is 4.79 Å². The highest BCUT2D eigenvalue weighted by molar-refractivity contribution is 5.86. The Labute approximate surface area is 89.4 Å². The molecule has 1 N–H and O–H groups in total. The summed E-state index contributed by atoms with van der Waals surface area (Å²) in [4.78, 5) is 11.6. The van der Waals surface area contributed by atoms with Crippen molar-refractivity contribution >= 4 is 11.7 Å². The smallest absolute Gasteiger partial charge is 0.316 e. The molecule has 1 saturated carbocycles. The van der Waals surface area contributed by atoms with Crippen molar-refractivity contribution in [2.75, 3.05) is 19.5 Å². The Hall–Kier alpha value is -1.51. The van der Waals surface area contributed by atoms with Crippen LogP contribution in [0.15, 0.2) is 24.3 Å². The SMILES string of the molecule is CNc1ccc(C2(C(=O)OC)CC2)cc1. The molecule has 0 radical (unpaired) electrons. The molecule has 1 aromatic rings. The molecule has 0 bridgehead atoms. The predicted molar refractivity (Wildman–Crippen MR) is 58.9 cm³/mol. The van der Waals surface area contributed by atoms with Crippen LogP contribution in [0.5, 0.6) is 0 Å². The van der Waals surface area contributed by atoms with Crippen LogP contribution in [-0.4, -0.2) is 20.1 Å². The summed E-state index contributed by atoms with van der Waals surface area (Å²) in [5.74, 6) is -0.111. The molecule has 0 atom stereocenters. The molecule has 0 heterocycles. The van der Waals surface area contributed by atoms with Gasteiger partial charge in [0.1, 0.15) is 0 Å². The maximum absolute atomic E-state index is 11.6. The molecule has 0 unspecified atom stereocenters. The number of carbonyl (C=O) groups is 1. The van der Waals surface area contributed by atoms with Gasteiger partial charge in [0.15, 0.2) is 0 Å². The number of methoxy groups -OCH3 is 1. The number of anilines is 1. The third-order valence-electron chi connectivity index (χ3n) is 3.05. The van der Waals surface area contributed by atoms with E-state index >= 15 is 0 Å². The van der Waals surface area contributed by atoms with Crippen molar-refractivity contribution in [3.05, 3.63) is 29.8 Å². The number of rotatable bonds is 3. The highest BCUT2D eigenvalue weighted by Crippen LogP contribution is 2.49. The number of carbonyl (C=O) groups excluding carboxylic acids is 1. The van der Waals surface area contributed by atoms with Gasteiger partial charge in [0, 0.05) is 12.7 Å². The second-order valence-corrected chi connectivity index (χ2v) is 3.90. The molecule has 1 aliphatic carbocycles. The molecule has 1 aromatic carbocycles. The molecule has 1 fully saturated rings. The molecule has 0 saturated heterocycles. The zero-order valence-corrected chi connectivity index (χ0v) is 9.04. The Morgan fingerprint density at radius 3 is 2.33 bits per heavy atom. The number of hydrogen-bond donors (Lipinski definition) is 1. The summed E-state index contributed by atoms with van der Waals surface area (Å²) in [6.07, 6.45) is 1.80. The summed E-state index contributed by atoms with van der Waals surface area (Å²) in [6, 6.07) is 7.96. The van der Waals surface area contributed by atoms with Crippen LogP contribution in [0, 0.1) is 0 Å². The van der Waals surface area contributed by atoms with Gasteiger partial charge in [0.05, 0.1) is 12.5 Å². The molecular formula is C12H15NO2. The molecule has 2 rings (SSSR count). The lowest BCUT2D eigenvalue weighted by molar-refractivity contribution is -0.143. The van der Waals surface area contributed by atoms with Crippen LogP contribution < -0.4 is 5.32 Å². The Morgan fingerprint density at radius 2 is 1.93 bits per heavy atom. The van der Waals surface area contributed by atoms with Crippen LogP contribution in [0.3, 0.4) is 0 Å². The number of hydrogen-bond acceptors (Lipinski definition) is 3. The first-order chi connectivity index (χ1) is 7.23. The van der Waals surface area contributed by atoms with E-state index in [-0.39, 0.29) is 11.4 Å². The maximum atomic E-state index is 11.6. The van der Waals surface area contributed by atoms with Gasteiger partial charge in [-0.25, -0.2) is 0 Å². The summed E-state index contributed by atoms with van der Waals surface area (Å²) in [5.41, 5.74) is 1.77. The Balaban J connectivity index is 2.26. The van der Waals surface area contributed by atoms with E-state index in [2.05, 4.69) is 5.32 Å². The van der Waals surface area contributed by atoms with Gasteiger partial charge in [0.25, 0.3) is 0 Å². The molecule has 0 spiro atoms. The Morgan fingerprint density at radius 1 is 1.33 bits per heavy atom. The minimum absolute atomic E-state index is 0.111. The lowest BCUT2D eigenvalue weighted by Crippen LogP contribution is -2.21. The van der Waals surface area contributed by atoms with Gasteiger partial charge in [-0.15, -0.1) is 0 Å². The normalized spacial score (nSPS) is 16.9. The van der Waals surface area contributed by atoms with Crippen LogP contribution in [0.25, 0.3) is 0 Å². The van der Waals surface area contributed by atoms with E-state index in [1.165, 1.54) is 7.11 Å². The van der Waals surface area contributed by atoms with Crippen LogP contribution in [-0.2, 0) is 14.9 Å². The zero-order valence-electron chi connectivity index (χ0n) is 9.04. The minimum Gasteiger partial charge on any atom is -0.468 e. The highest BCUT2D eigenvalue weighted by Gasteiger charge is 2.52. The van der Waals surface area contributed by atoms with Crippen LogP contribution in [0.4, 0.5) is 5.69 Å². The number of benzene rings is 1. The fourth-order valence-corrected chi connectivity index (χ4v) is 1.89. The molecule has 0 amide bonds. The van der Waals surface area contributed by atoms with E-state index in [1.54, 1.807) is 0 Å². The first kappa shape index (κ1) is 10.0. The largest absolute Gasteiger partial charge is 0.468 e. The van der Waals surface area contributed by atoms with E-state index < -0.39 is 0 Å². The summed E-state index contributed by atoms with van der Waals surface area (Å²) in [6.45, 7) is 0. The van der Waals surface area contributed by atoms with Crippen LogP contribution in [0.2, 0.25) is 0 Å². The van der Waals surface area contributed by atoms with E-state index in [0.29, 0.717) is 0 Å². The molecule has 3 nitrogen and oxygen atoms in total. The summed E-state index contributed by atoms with van der Waals surface area (Å²) in [7, 11) is 3.33. The van der Waals surface area contributed by atoms with Crippen molar-refractivity contribution < 1.29 is 9.53 Å². The van der Waals surface area contributed by atoms with Gasteiger partial charge in [-0.1, -0.05) is 12.1 Å². The molecule has 1 aliphatic rings. The summed E-state index contributed by atoms with van der Waals surface area (Å²) < 4.78 is 4.83. The highest BCUT2D eigenvalue weighted by atomic mass is 16.5. The molecule has 0 aliphatic heterocycles. The third kappa shape index (κ3) is 1.58. The first-order valence-corrected chi connectivity index (χ1v) is 5.09. The fraction of sp³-hybridized carbons (Fsp3) is 0.417. The van der Waals surface area contributed by atoms with Crippen LogP contribution in [0.1, 0.15) is 18.4 Å². The topological polar surface area (TPSA) is 38.3 Å². The Bertz CT molecular complexity index is 366. The second kappa shape index (κ2) is 3.57. The van der Waals surface area contributed by atoms with Crippen molar-refractivity contribution in [2.45, 2.75) is 18.3 Å². The van der Waals surface area contributed by atoms with Gasteiger partial charge in [-0.05, 0) is 30.5 Å². The lowest BCUT2D eigenvalue weighted by Gasteiger charge is -2.13.